The summed E-state index contributed by atoms with van der Waals surface area (Å²) in [6.45, 7) is 10.6. The zero-order valence-electron chi connectivity index (χ0n) is 9.35. The predicted molar refractivity (Wildman–Crippen MR) is 56.8 cm³/mol. The number of fused-ring (bicyclic) bond motifs is 1. The van der Waals surface area contributed by atoms with Crippen LogP contribution in [0.1, 0.15) is 47.0 Å². The fraction of sp³-hybridized carbons (Fsp3) is 0.833. The first-order chi connectivity index (χ1) is 6.02. The SMILES string of the molecule is CC(C)=C1CC(C)(C)N2CCCC12. The zero-order valence-corrected chi connectivity index (χ0v) is 9.35. The molecule has 1 heteroatoms. The predicted octanol–water partition coefficient (Wildman–Crippen LogP) is 2.97. The number of rotatable bonds is 0. The number of hydrogen-bond donors (Lipinski definition) is 0. The fourth-order valence-corrected chi connectivity index (χ4v) is 3.05. The standard InChI is InChI=1S/C12H21N/c1-9(2)10-8-12(3,4)13-7-5-6-11(10)13/h11H,5-8H2,1-4H3. The Morgan fingerprint density at radius 2 is 2.08 bits per heavy atom. The molecule has 0 N–H and O–H groups in total. The highest BCUT2D eigenvalue weighted by Gasteiger charge is 2.44. The lowest BCUT2D eigenvalue weighted by atomic mass is 9.94. The molecule has 0 aliphatic carbocycles. The Morgan fingerprint density at radius 1 is 1.38 bits per heavy atom. The van der Waals surface area contributed by atoms with Crippen molar-refractivity contribution < 1.29 is 0 Å². The van der Waals surface area contributed by atoms with E-state index < -0.39 is 0 Å². The summed E-state index contributed by atoms with van der Waals surface area (Å²) in [5.74, 6) is 0. The Bertz CT molecular complexity index is 246. The summed E-state index contributed by atoms with van der Waals surface area (Å²) in [6, 6.07) is 0.792. The van der Waals surface area contributed by atoms with Crippen LogP contribution in [0.4, 0.5) is 0 Å². The molecule has 2 rings (SSSR count). The van der Waals surface area contributed by atoms with E-state index in [1.54, 1.807) is 11.1 Å². The van der Waals surface area contributed by atoms with Gasteiger partial charge in [0.25, 0.3) is 0 Å². The van der Waals surface area contributed by atoms with Crippen LogP contribution in [0.3, 0.4) is 0 Å². The topological polar surface area (TPSA) is 3.24 Å². The van der Waals surface area contributed by atoms with E-state index in [1.807, 2.05) is 0 Å². The van der Waals surface area contributed by atoms with Crippen molar-refractivity contribution in [2.75, 3.05) is 6.54 Å². The Kier molecular flexibility index (Phi) is 2.03. The van der Waals surface area contributed by atoms with Crippen molar-refractivity contribution in [1.29, 1.82) is 0 Å². The number of allylic oxidation sites excluding steroid dienone is 1. The molecule has 2 fully saturated rings. The third kappa shape index (κ3) is 1.34. The second kappa shape index (κ2) is 2.84. The first kappa shape index (κ1) is 9.26. The van der Waals surface area contributed by atoms with E-state index in [4.69, 9.17) is 0 Å². The molecule has 1 unspecified atom stereocenters. The summed E-state index contributed by atoms with van der Waals surface area (Å²) in [5.41, 5.74) is 3.71. The van der Waals surface area contributed by atoms with E-state index in [2.05, 4.69) is 32.6 Å². The molecule has 0 amide bonds. The van der Waals surface area contributed by atoms with Crippen molar-refractivity contribution >= 4 is 0 Å². The van der Waals surface area contributed by atoms with Gasteiger partial charge in [0, 0.05) is 11.6 Å². The van der Waals surface area contributed by atoms with Gasteiger partial charge < -0.3 is 0 Å². The van der Waals surface area contributed by atoms with Crippen molar-refractivity contribution in [3.05, 3.63) is 11.1 Å². The molecule has 74 valence electrons. The van der Waals surface area contributed by atoms with Gasteiger partial charge in [-0.25, -0.2) is 0 Å². The Labute approximate surface area is 81.8 Å². The van der Waals surface area contributed by atoms with Gasteiger partial charge in [0.15, 0.2) is 0 Å². The minimum atomic E-state index is 0.424. The van der Waals surface area contributed by atoms with E-state index in [1.165, 1.54) is 25.8 Å². The Morgan fingerprint density at radius 3 is 2.69 bits per heavy atom. The first-order valence-electron chi connectivity index (χ1n) is 5.45. The van der Waals surface area contributed by atoms with Crippen LogP contribution in [0.5, 0.6) is 0 Å². The van der Waals surface area contributed by atoms with Crippen molar-refractivity contribution in [1.82, 2.24) is 4.90 Å². The highest BCUT2D eigenvalue weighted by molar-refractivity contribution is 5.27. The summed E-state index contributed by atoms with van der Waals surface area (Å²) in [5, 5.41) is 0. The Balaban J connectivity index is 2.34. The van der Waals surface area contributed by atoms with Gasteiger partial charge in [0.1, 0.15) is 0 Å². The van der Waals surface area contributed by atoms with Gasteiger partial charge in [-0.1, -0.05) is 11.1 Å². The third-order valence-electron chi connectivity index (χ3n) is 3.70. The van der Waals surface area contributed by atoms with Gasteiger partial charge in [-0.05, 0) is 53.5 Å². The third-order valence-corrected chi connectivity index (χ3v) is 3.70. The summed E-state index contributed by atoms with van der Waals surface area (Å²) >= 11 is 0. The number of hydrogen-bond acceptors (Lipinski definition) is 1. The van der Waals surface area contributed by atoms with E-state index in [9.17, 15) is 0 Å². The van der Waals surface area contributed by atoms with Crippen LogP contribution < -0.4 is 0 Å². The fourth-order valence-electron chi connectivity index (χ4n) is 3.05. The van der Waals surface area contributed by atoms with Gasteiger partial charge in [-0.3, -0.25) is 4.90 Å². The second-order valence-electron chi connectivity index (χ2n) is 5.37. The smallest absolute Gasteiger partial charge is 0.0316 e. The lowest BCUT2D eigenvalue weighted by Gasteiger charge is -2.30. The quantitative estimate of drug-likeness (QED) is 0.517. The molecule has 0 bridgehead atoms. The molecule has 2 aliphatic heterocycles. The summed E-state index contributed by atoms with van der Waals surface area (Å²) in [4.78, 5) is 2.70. The van der Waals surface area contributed by atoms with Gasteiger partial charge >= 0.3 is 0 Å². The van der Waals surface area contributed by atoms with Crippen molar-refractivity contribution in [3.63, 3.8) is 0 Å². The lowest BCUT2D eigenvalue weighted by Crippen LogP contribution is -2.39. The molecule has 2 aliphatic rings. The summed E-state index contributed by atoms with van der Waals surface area (Å²) in [6.07, 6.45) is 4.08. The van der Waals surface area contributed by atoms with E-state index in [0.717, 1.165) is 6.04 Å². The molecule has 0 aromatic heterocycles. The molecular formula is C12H21N. The normalized spacial score (nSPS) is 32.3. The molecule has 2 saturated heterocycles. The summed E-state index contributed by atoms with van der Waals surface area (Å²) in [7, 11) is 0. The molecule has 13 heavy (non-hydrogen) atoms. The van der Waals surface area contributed by atoms with Crippen molar-refractivity contribution in [2.24, 2.45) is 0 Å². The molecule has 2 heterocycles. The van der Waals surface area contributed by atoms with E-state index in [-0.39, 0.29) is 0 Å². The van der Waals surface area contributed by atoms with Crippen LogP contribution in [-0.2, 0) is 0 Å². The highest BCUT2D eigenvalue weighted by atomic mass is 15.3. The van der Waals surface area contributed by atoms with Gasteiger partial charge in [0.05, 0.1) is 0 Å². The molecule has 0 saturated carbocycles. The first-order valence-corrected chi connectivity index (χ1v) is 5.45. The second-order valence-corrected chi connectivity index (χ2v) is 5.37. The van der Waals surface area contributed by atoms with Gasteiger partial charge in [-0.2, -0.15) is 0 Å². The molecule has 0 aromatic rings. The zero-order chi connectivity index (χ0) is 9.64. The molecular weight excluding hydrogens is 158 g/mol. The minimum Gasteiger partial charge on any atom is -0.291 e. The highest BCUT2D eigenvalue weighted by Crippen LogP contribution is 2.43. The van der Waals surface area contributed by atoms with Crippen LogP contribution in [-0.4, -0.2) is 23.0 Å². The Hall–Kier alpha value is -0.300. The average molecular weight is 179 g/mol. The van der Waals surface area contributed by atoms with E-state index in [0.29, 0.717) is 5.54 Å². The van der Waals surface area contributed by atoms with Crippen molar-refractivity contribution in [2.45, 2.75) is 58.5 Å². The van der Waals surface area contributed by atoms with Crippen LogP contribution >= 0.6 is 0 Å². The van der Waals surface area contributed by atoms with Crippen LogP contribution in [0.2, 0.25) is 0 Å². The molecule has 0 radical (unpaired) electrons. The van der Waals surface area contributed by atoms with Crippen LogP contribution in [0, 0.1) is 0 Å². The lowest BCUT2D eigenvalue weighted by molar-refractivity contribution is 0.171. The molecule has 0 spiro atoms. The maximum Gasteiger partial charge on any atom is 0.0316 e. The average Bonchev–Trinajstić information content (AvgIpc) is 2.53. The monoisotopic (exact) mass is 179 g/mol. The number of nitrogens with zero attached hydrogens (tertiary/aromatic N) is 1. The molecule has 1 atom stereocenters. The van der Waals surface area contributed by atoms with Crippen LogP contribution in [0.15, 0.2) is 11.1 Å². The van der Waals surface area contributed by atoms with Gasteiger partial charge in [0.2, 0.25) is 0 Å². The molecule has 1 nitrogen and oxygen atoms in total. The summed E-state index contributed by atoms with van der Waals surface area (Å²) < 4.78 is 0. The van der Waals surface area contributed by atoms with E-state index >= 15 is 0 Å². The molecule has 0 aromatic carbocycles. The minimum absolute atomic E-state index is 0.424. The maximum absolute atomic E-state index is 2.70. The van der Waals surface area contributed by atoms with Gasteiger partial charge in [-0.15, -0.1) is 0 Å². The maximum atomic E-state index is 2.70. The largest absolute Gasteiger partial charge is 0.291 e. The van der Waals surface area contributed by atoms with Crippen molar-refractivity contribution in [3.8, 4) is 0 Å². The van der Waals surface area contributed by atoms with Crippen LogP contribution in [0.25, 0.3) is 0 Å².